The molecule has 37 heavy (non-hydrogen) atoms. The van der Waals surface area contributed by atoms with E-state index in [1.165, 1.54) is 0 Å². The Bertz CT molecular complexity index is 1510. The Morgan fingerprint density at radius 1 is 1.08 bits per heavy atom. The van der Waals surface area contributed by atoms with Crippen molar-refractivity contribution >= 4 is 50.5 Å². The van der Waals surface area contributed by atoms with Crippen molar-refractivity contribution in [3.63, 3.8) is 0 Å². The zero-order valence-corrected chi connectivity index (χ0v) is 22.7. The molecule has 0 spiro atoms. The molecule has 0 atom stereocenters. The normalized spacial score (nSPS) is 13.6. The molecule has 1 aliphatic rings. The number of carbonyl (C=O) groups is 2. The number of hydrogen-bond acceptors (Lipinski definition) is 9. The first-order chi connectivity index (χ1) is 17.9. The first kappa shape index (κ1) is 25.1. The number of hydrogen-bond donors (Lipinski definition) is 2. The Balaban J connectivity index is 1.59. The number of imide groups is 1. The van der Waals surface area contributed by atoms with Gasteiger partial charge in [-0.2, -0.15) is 0 Å². The number of amides is 2. The molecule has 10 heteroatoms. The Labute approximate surface area is 223 Å². The molecule has 4 heterocycles. The van der Waals surface area contributed by atoms with Gasteiger partial charge < -0.3 is 15.0 Å². The molecule has 0 bridgehead atoms. The molecule has 190 valence electrons. The van der Waals surface area contributed by atoms with Crippen molar-refractivity contribution in [3.05, 3.63) is 58.6 Å². The van der Waals surface area contributed by atoms with Crippen LogP contribution in [0.3, 0.4) is 0 Å². The quantitative estimate of drug-likeness (QED) is 0.295. The molecule has 8 nitrogen and oxygen atoms in total. The Morgan fingerprint density at radius 2 is 1.86 bits per heavy atom. The van der Waals surface area contributed by atoms with Gasteiger partial charge >= 0.3 is 0 Å². The minimum Gasteiger partial charge on any atom is -0.492 e. The van der Waals surface area contributed by atoms with Crippen LogP contribution in [0.25, 0.3) is 31.4 Å². The van der Waals surface area contributed by atoms with Gasteiger partial charge in [-0.25, -0.2) is 9.97 Å². The van der Waals surface area contributed by atoms with Gasteiger partial charge in [0, 0.05) is 17.0 Å². The number of aryl methyl sites for hydroxylation is 1. The number of benzene rings is 1. The Hall–Kier alpha value is -3.60. The van der Waals surface area contributed by atoms with Crippen molar-refractivity contribution in [2.24, 2.45) is 0 Å². The van der Waals surface area contributed by atoms with Crippen molar-refractivity contribution < 1.29 is 14.3 Å². The second-order valence-electron chi connectivity index (χ2n) is 8.90. The first-order valence-corrected chi connectivity index (χ1v) is 13.6. The summed E-state index contributed by atoms with van der Waals surface area (Å²) in [6, 6.07) is 12.0. The van der Waals surface area contributed by atoms with Crippen molar-refractivity contribution in [1.29, 1.82) is 0 Å². The highest BCUT2D eigenvalue weighted by Gasteiger charge is 2.29. The van der Waals surface area contributed by atoms with Gasteiger partial charge in [-0.1, -0.05) is 13.0 Å². The van der Waals surface area contributed by atoms with E-state index >= 15 is 0 Å². The average Bonchev–Trinajstić information content (AvgIpc) is 3.59. The van der Waals surface area contributed by atoms with E-state index in [-0.39, 0.29) is 5.70 Å². The summed E-state index contributed by atoms with van der Waals surface area (Å²) in [5.41, 5.74) is 2.71. The highest BCUT2D eigenvalue weighted by atomic mass is 32.1. The molecule has 5 rings (SSSR count). The molecule has 0 fully saturated rings. The molecule has 0 radical (unpaired) electrons. The van der Waals surface area contributed by atoms with Crippen molar-refractivity contribution in [2.75, 3.05) is 32.6 Å². The van der Waals surface area contributed by atoms with Crippen LogP contribution < -0.4 is 15.4 Å². The predicted molar refractivity (Wildman–Crippen MR) is 149 cm³/mol. The fourth-order valence-corrected chi connectivity index (χ4v) is 6.02. The van der Waals surface area contributed by atoms with Crippen LogP contribution in [0.15, 0.2) is 53.0 Å². The van der Waals surface area contributed by atoms with Gasteiger partial charge in [-0.3, -0.25) is 14.9 Å². The zero-order chi connectivity index (χ0) is 26.1. The van der Waals surface area contributed by atoms with E-state index < -0.39 is 11.8 Å². The third kappa shape index (κ3) is 5.00. The standard InChI is InChI=1S/C27H27N5O3S2/c1-5-18-20-24(28-21-15(2)25(33)31-26(21)34)29-23(19-7-6-14-36-19)30-27(20)37-22(18)16-8-10-17(11-9-16)35-13-12-32(3)4/h6-11,14H,5,12-13H2,1-4H3,(H2,28,29,30,31,33,34). The summed E-state index contributed by atoms with van der Waals surface area (Å²) in [7, 11) is 4.04. The zero-order valence-electron chi connectivity index (χ0n) is 21.0. The van der Waals surface area contributed by atoms with Crippen LogP contribution in [0.2, 0.25) is 0 Å². The summed E-state index contributed by atoms with van der Waals surface area (Å²) >= 11 is 3.15. The molecule has 2 amide bonds. The molecule has 3 aromatic heterocycles. The summed E-state index contributed by atoms with van der Waals surface area (Å²) in [6.45, 7) is 5.19. The Kier molecular flexibility index (Phi) is 7.05. The van der Waals surface area contributed by atoms with E-state index in [0.29, 0.717) is 23.8 Å². The van der Waals surface area contributed by atoms with Crippen LogP contribution >= 0.6 is 22.7 Å². The van der Waals surface area contributed by atoms with Gasteiger partial charge in [0.15, 0.2) is 5.82 Å². The summed E-state index contributed by atoms with van der Waals surface area (Å²) in [4.78, 5) is 39.2. The second-order valence-corrected chi connectivity index (χ2v) is 10.8. The van der Waals surface area contributed by atoms with Crippen molar-refractivity contribution in [3.8, 4) is 26.9 Å². The van der Waals surface area contributed by atoms with Gasteiger partial charge in [-0.15, -0.1) is 22.7 Å². The topological polar surface area (TPSA) is 96.4 Å². The largest absolute Gasteiger partial charge is 0.492 e. The second kappa shape index (κ2) is 10.4. The monoisotopic (exact) mass is 533 g/mol. The number of thiophene rings is 2. The van der Waals surface area contributed by atoms with Crippen molar-refractivity contribution in [2.45, 2.75) is 20.3 Å². The van der Waals surface area contributed by atoms with Gasteiger partial charge in [0.25, 0.3) is 11.8 Å². The van der Waals surface area contributed by atoms with E-state index in [0.717, 1.165) is 49.8 Å². The molecule has 1 aromatic carbocycles. The summed E-state index contributed by atoms with van der Waals surface area (Å²) in [5, 5.41) is 8.36. The minimum atomic E-state index is -0.453. The molecule has 0 unspecified atom stereocenters. The fraction of sp³-hybridized carbons (Fsp3) is 0.259. The number of rotatable bonds is 9. The van der Waals surface area contributed by atoms with Crippen LogP contribution in [0.1, 0.15) is 19.4 Å². The Morgan fingerprint density at radius 3 is 2.49 bits per heavy atom. The summed E-state index contributed by atoms with van der Waals surface area (Å²) in [6.07, 6.45) is 0.746. The third-order valence-corrected chi connectivity index (χ3v) is 8.12. The molecule has 2 N–H and O–H groups in total. The number of aromatic nitrogens is 2. The lowest BCUT2D eigenvalue weighted by Gasteiger charge is -2.12. The molecule has 4 aromatic rings. The average molecular weight is 534 g/mol. The van der Waals surface area contributed by atoms with E-state index in [4.69, 9.17) is 14.7 Å². The van der Waals surface area contributed by atoms with Gasteiger partial charge in [-0.05, 0) is 74.3 Å². The number of anilines is 1. The maximum atomic E-state index is 12.5. The number of ether oxygens (including phenoxy) is 1. The fourth-order valence-electron chi connectivity index (χ4n) is 4.10. The van der Waals surface area contributed by atoms with Gasteiger partial charge in [0.1, 0.15) is 28.7 Å². The minimum absolute atomic E-state index is 0.219. The number of carbonyl (C=O) groups excluding carboxylic acids is 2. The maximum absolute atomic E-state index is 12.5. The van der Waals surface area contributed by atoms with Crippen LogP contribution in [-0.2, 0) is 16.0 Å². The number of likely N-dealkylation sites (N-methyl/N-ethyl adjacent to an activating group) is 1. The lowest BCUT2D eigenvalue weighted by molar-refractivity contribution is -0.124. The van der Waals surface area contributed by atoms with E-state index in [9.17, 15) is 9.59 Å². The molecule has 0 saturated heterocycles. The summed E-state index contributed by atoms with van der Waals surface area (Å²) < 4.78 is 5.86. The molecular weight excluding hydrogens is 506 g/mol. The molecule has 0 aliphatic carbocycles. The van der Waals surface area contributed by atoms with Crippen LogP contribution in [0, 0.1) is 0 Å². The lowest BCUT2D eigenvalue weighted by atomic mass is 10.0. The van der Waals surface area contributed by atoms with E-state index in [2.05, 4.69) is 34.6 Å². The van der Waals surface area contributed by atoms with E-state index in [1.54, 1.807) is 29.6 Å². The van der Waals surface area contributed by atoms with Gasteiger partial charge in [0.05, 0.1) is 10.3 Å². The van der Waals surface area contributed by atoms with Gasteiger partial charge in [0.2, 0.25) is 0 Å². The maximum Gasteiger partial charge on any atom is 0.275 e. The smallest absolute Gasteiger partial charge is 0.275 e. The lowest BCUT2D eigenvalue weighted by Crippen LogP contribution is -2.24. The predicted octanol–water partition coefficient (Wildman–Crippen LogP) is 4.93. The first-order valence-electron chi connectivity index (χ1n) is 11.9. The SMILES string of the molecule is CCc1c(-c2ccc(OCCN(C)C)cc2)sc2nc(-c3cccs3)nc(NC3=C(C)C(=O)NC3=O)c12. The molecule has 0 saturated carbocycles. The highest BCUT2D eigenvalue weighted by molar-refractivity contribution is 7.22. The van der Waals surface area contributed by atoms with Crippen LogP contribution in [0.4, 0.5) is 5.82 Å². The van der Waals surface area contributed by atoms with Crippen LogP contribution in [-0.4, -0.2) is 53.9 Å². The summed E-state index contributed by atoms with van der Waals surface area (Å²) in [5.74, 6) is 1.08. The number of fused-ring (bicyclic) bond motifs is 1. The highest BCUT2D eigenvalue weighted by Crippen LogP contribution is 2.43. The number of nitrogens with one attached hydrogen (secondary N) is 2. The number of nitrogens with zero attached hydrogens (tertiary/aromatic N) is 3. The molecule has 1 aliphatic heterocycles. The third-order valence-electron chi connectivity index (χ3n) is 6.08. The molecular formula is C27H27N5O3S2. The van der Waals surface area contributed by atoms with Crippen molar-refractivity contribution in [1.82, 2.24) is 20.2 Å². The van der Waals surface area contributed by atoms with E-state index in [1.807, 2.05) is 43.7 Å². The van der Waals surface area contributed by atoms with Crippen LogP contribution in [0.5, 0.6) is 5.75 Å².